The van der Waals surface area contributed by atoms with Crippen LogP contribution in [0.15, 0.2) is 36.5 Å². The minimum Gasteiger partial charge on any atom is -0.481 e. The molecule has 0 saturated carbocycles. The van der Waals surface area contributed by atoms with Crippen LogP contribution in [0.3, 0.4) is 0 Å². The molecule has 0 fully saturated rings. The first kappa shape index (κ1) is 13.8. The van der Waals surface area contributed by atoms with Crippen molar-refractivity contribution < 1.29 is 9.13 Å². The highest BCUT2D eigenvalue weighted by molar-refractivity contribution is 6.31. The van der Waals surface area contributed by atoms with Crippen molar-refractivity contribution in [2.75, 3.05) is 7.11 Å². The van der Waals surface area contributed by atoms with Crippen molar-refractivity contribution in [3.63, 3.8) is 0 Å². The van der Waals surface area contributed by atoms with Gasteiger partial charge in [-0.2, -0.15) is 0 Å². The number of pyridine rings is 1. The van der Waals surface area contributed by atoms with Crippen molar-refractivity contribution in [2.45, 2.75) is 13.1 Å². The second-order valence-electron chi connectivity index (χ2n) is 4.01. The van der Waals surface area contributed by atoms with Crippen LogP contribution >= 0.6 is 11.6 Å². The lowest BCUT2D eigenvalue weighted by Gasteiger charge is -2.08. The lowest BCUT2D eigenvalue weighted by atomic mass is 10.2. The van der Waals surface area contributed by atoms with E-state index >= 15 is 0 Å². The standard InChI is InChI=1S/C14H14ClFN2O/c1-19-14-7-10(5-6-18-14)8-17-9-11-12(15)3-2-4-13(11)16/h2-7,17H,8-9H2,1H3. The van der Waals surface area contributed by atoms with E-state index in [9.17, 15) is 4.39 Å². The van der Waals surface area contributed by atoms with E-state index in [4.69, 9.17) is 16.3 Å². The zero-order valence-corrected chi connectivity index (χ0v) is 11.2. The number of hydrogen-bond donors (Lipinski definition) is 1. The van der Waals surface area contributed by atoms with Gasteiger partial charge in [0.05, 0.1) is 7.11 Å². The van der Waals surface area contributed by atoms with Crippen molar-refractivity contribution in [1.29, 1.82) is 0 Å². The summed E-state index contributed by atoms with van der Waals surface area (Å²) in [4.78, 5) is 4.02. The van der Waals surface area contributed by atoms with Crippen LogP contribution in [0.1, 0.15) is 11.1 Å². The van der Waals surface area contributed by atoms with Gasteiger partial charge in [-0.15, -0.1) is 0 Å². The maximum absolute atomic E-state index is 13.5. The molecule has 0 saturated heterocycles. The van der Waals surface area contributed by atoms with Crippen LogP contribution in [-0.2, 0) is 13.1 Å². The Hall–Kier alpha value is -1.65. The van der Waals surface area contributed by atoms with Gasteiger partial charge in [-0.1, -0.05) is 17.7 Å². The average molecular weight is 281 g/mol. The molecule has 0 unspecified atom stereocenters. The van der Waals surface area contributed by atoms with Gasteiger partial charge in [-0.3, -0.25) is 0 Å². The van der Waals surface area contributed by atoms with E-state index in [2.05, 4.69) is 10.3 Å². The normalized spacial score (nSPS) is 10.5. The number of methoxy groups -OCH3 is 1. The summed E-state index contributed by atoms with van der Waals surface area (Å²) in [6.07, 6.45) is 1.67. The number of nitrogens with zero attached hydrogens (tertiary/aromatic N) is 1. The second-order valence-corrected chi connectivity index (χ2v) is 4.42. The first-order valence-electron chi connectivity index (χ1n) is 5.83. The summed E-state index contributed by atoms with van der Waals surface area (Å²) in [6, 6.07) is 8.37. The topological polar surface area (TPSA) is 34.1 Å². The molecular weight excluding hydrogens is 267 g/mol. The van der Waals surface area contributed by atoms with Gasteiger partial charge in [0.25, 0.3) is 0 Å². The maximum Gasteiger partial charge on any atom is 0.213 e. The van der Waals surface area contributed by atoms with Crippen molar-refractivity contribution in [1.82, 2.24) is 10.3 Å². The van der Waals surface area contributed by atoms with Crippen molar-refractivity contribution in [2.24, 2.45) is 0 Å². The number of hydrogen-bond acceptors (Lipinski definition) is 3. The van der Waals surface area contributed by atoms with Gasteiger partial charge in [-0.25, -0.2) is 9.37 Å². The van der Waals surface area contributed by atoms with Crippen molar-refractivity contribution in [3.05, 3.63) is 58.5 Å². The highest BCUT2D eigenvalue weighted by Gasteiger charge is 2.06. The monoisotopic (exact) mass is 280 g/mol. The van der Waals surface area contributed by atoms with E-state index in [1.807, 2.05) is 12.1 Å². The molecule has 0 spiro atoms. The molecule has 19 heavy (non-hydrogen) atoms. The molecule has 3 nitrogen and oxygen atoms in total. The Balaban J connectivity index is 1.96. The van der Waals surface area contributed by atoms with Crippen LogP contribution in [0.5, 0.6) is 5.88 Å². The van der Waals surface area contributed by atoms with E-state index < -0.39 is 0 Å². The molecular formula is C14H14ClFN2O. The van der Waals surface area contributed by atoms with Crippen LogP contribution in [0.4, 0.5) is 4.39 Å². The number of rotatable bonds is 5. The summed E-state index contributed by atoms with van der Waals surface area (Å²) in [5.41, 5.74) is 1.49. The first-order chi connectivity index (χ1) is 9.20. The summed E-state index contributed by atoms with van der Waals surface area (Å²) in [6.45, 7) is 0.958. The minimum absolute atomic E-state index is 0.299. The predicted octanol–water partition coefficient (Wildman–Crippen LogP) is 3.17. The van der Waals surface area contributed by atoms with E-state index in [1.54, 1.807) is 25.4 Å². The lowest BCUT2D eigenvalue weighted by molar-refractivity contribution is 0.397. The molecule has 5 heteroatoms. The van der Waals surface area contributed by atoms with Crippen LogP contribution in [-0.4, -0.2) is 12.1 Å². The second kappa shape index (κ2) is 6.50. The van der Waals surface area contributed by atoms with Crippen LogP contribution in [0.25, 0.3) is 0 Å². The molecule has 0 aliphatic heterocycles. The van der Waals surface area contributed by atoms with E-state index in [1.165, 1.54) is 6.07 Å². The maximum atomic E-state index is 13.5. The third-order valence-corrected chi connectivity index (χ3v) is 3.06. The summed E-state index contributed by atoms with van der Waals surface area (Å²) in [5, 5.41) is 3.57. The quantitative estimate of drug-likeness (QED) is 0.913. The molecule has 0 bridgehead atoms. The van der Waals surface area contributed by atoms with Crippen molar-refractivity contribution >= 4 is 11.6 Å². The lowest BCUT2D eigenvalue weighted by Crippen LogP contribution is -2.14. The molecule has 2 aromatic rings. The van der Waals surface area contributed by atoms with Crippen LogP contribution in [0.2, 0.25) is 5.02 Å². The van der Waals surface area contributed by atoms with E-state index in [-0.39, 0.29) is 5.82 Å². The molecule has 0 aliphatic carbocycles. The largest absolute Gasteiger partial charge is 0.481 e. The number of ether oxygens (including phenoxy) is 1. The van der Waals surface area contributed by atoms with Crippen LogP contribution in [0, 0.1) is 5.82 Å². The zero-order chi connectivity index (χ0) is 13.7. The summed E-state index contributed by atoms with van der Waals surface area (Å²) < 4.78 is 18.6. The SMILES string of the molecule is COc1cc(CNCc2c(F)cccc2Cl)ccn1. The summed E-state index contributed by atoms with van der Waals surface area (Å²) in [7, 11) is 1.57. The van der Waals surface area contributed by atoms with Gasteiger partial charge in [0.15, 0.2) is 0 Å². The highest BCUT2D eigenvalue weighted by atomic mass is 35.5. The highest BCUT2D eigenvalue weighted by Crippen LogP contribution is 2.18. The Morgan fingerprint density at radius 1 is 1.32 bits per heavy atom. The fourth-order valence-corrected chi connectivity index (χ4v) is 1.93. The smallest absolute Gasteiger partial charge is 0.213 e. The zero-order valence-electron chi connectivity index (χ0n) is 10.5. The Kier molecular flexibility index (Phi) is 4.71. The molecule has 1 heterocycles. The molecule has 0 amide bonds. The third kappa shape index (κ3) is 3.66. The van der Waals surface area contributed by atoms with Gasteiger partial charge in [0.1, 0.15) is 5.82 Å². The fraction of sp³-hybridized carbons (Fsp3) is 0.214. The van der Waals surface area contributed by atoms with Gasteiger partial charge < -0.3 is 10.1 Å². The molecule has 100 valence electrons. The Labute approximate surface area is 116 Å². The minimum atomic E-state index is -0.299. The molecule has 2 rings (SSSR count). The van der Waals surface area contributed by atoms with Gasteiger partial charge in [-0.05, 0) is 23.8 Å². The van der Waals surface area contributed by atoms with Gasteiger partial charge >= 0.3 is 0 Å². The number of benzene rings is 1. The molecule has 0 radical (unpaired) electrons. The number of aromatic nitrogens is 1. The Bertz CT molecular complexity index is 543. The number of halogens is 2. The predicted molar refractivity (Wildman–Crippen MR) is 72.7 cm³/mol. The van der Waals surface area contributed by atoms with Crippen molar-refractivity contribution in [3.8, 4) is 5.88 Å². The molecule has 1 aromatic heterocycles. The summed E-state index contributed by atoms with van der Waals surface area (Å²) >= 11 is 5.95. The molecule has 0 atom stereocenters. The average Bonchev–Trinajstić information content (AvgIpc) is 2.42. The first-order valence-corrected chi connectivity index (χ1v) is 6.21. The van der Waals surface area contributed by atoms with Gasteiger partial charge in [0.2, 0.25) is 5.88 Å². The third-order valence-electron chi connectivity index (χ3n) is 2.70. The Morgan fingerprint density at radius 2 is 2.16 bits per heavy atom. The van der Waals surface area contributed by atoms with E-state index in [0.717, 1.165) is 5.56 Å². The number of nitrogens with one attached hydrogen (secondary N) is 1. The van der Waals surface area contributed by atoms with E-state index in [0.29, 0.717) is 29.6 Å². The Morgan fingerprint density at radius 3 is 2.89 bits per heavy atom. The fourth-order valence-electron chi connectivity index (χ4n) is 1.71. The van der Waals surface area contributed by atoms with Crippen LogP contribution < -0.4 is 10.1 Å². The molecule has 0 aliphatic rings. The molecule has 1 N–H and O–H groups in total. The molecule has 1 aromatic carbocycles. The summed E-state index contributed by atoms with van der Waals surface area (Å²) in [5.74, 6) is 0.260. The van der Waals surface area contributed by atoms with Gasteiger partial charge in [0, 0.05) is 35.9 Å².